The summed E-state index contributed by atoms with van der Waals surface area (Å²) >= 11 is 0. The van der Waals surface area contributed by atoms with E-state index < -0.39 is 51.0 Å². The van der Waals surface area contributed by atoms with Crippen molar-refractivity contribution in [3.05, 3.63) is 75.3 Å². The highest BCUT2D eigenvalue weighted by molar-refractivity contribution is 6.25. The lowest BCUT2D eigenvalue weighted by Gasteiger charge is -2.59. The Kier molecular flexibility index (Phi) is 5.79. The van der Waals surface area contributed by atoms with E-state index in [4.69, 9.17) is 0 Å². The number of allylic oxidation sites excluding steroid dienone is 2. The average molecular weight is 557 g/mol. The van der Waals surface area contributed by atoms with E-state index in [1.165, 1.54) is 17.2 Å². The number of aliphatic hydroxyl groups is 3. The first-order valence-electron chi connectivity index (χ1n) is 14.3. The van der Waals surface area contributed by atoms with Gasteiger partial charge in [-0.2, -0.15) is 0 Å². The fourth-order valence-corrected chi connectivity index (χ4v) is 8.74. The maximum atomic E-state index is 14.3. The first-order valence-corrected chi connectivity index (χ1v) is 14.3. The number of hydrogen-bond donors (Lipinski definition) is 4. The SMILES string of the molecule is CC(=O)C1=C(O)C(C(C)C)[C@@]2(C)C[C@@]3(C)Cc4c(-c5ccc6c(c5)CCC6)ccc(O)c4C(=O)C3=C(O)[C@@]2(O)C1=O. The van der Waals surface area contributed by atoms with Crippen LogP contribution in [0.5, 0.6) is 5.75 Å². The highest BCUT2D eigenvalue weighted by Crippen LogP contribution is 2.65. The number of aromatic hydroxyl groups is 1. The number of ketones is 3. The molecule has 0 fully saturated rings. The number of carbonyl (C=O) groups excluding carboxylic acids is 3. The molecule has 2 aromatic rings. The van der Waals surface area contributed by atoms with Crippen molar-refractivity contribution in [2.24, 2.45) is 22.7 Å². The summed E-state index contributed by atoms with van der Waals surface area (Å²) in [5.41, 5.74) is -0.741. The summed E-state index contributed by atoms with van der Waals surface area (Å²) in [4.78, 5) is 40.6. The molecule has 4 aliphatic rings. The van der Waals surface area contributed by atoms with Crippen LogP contribution >= 0.6 is 0 Å². The van der Waals surface area contributed by atoms with Crippen molar-refractivity contribution in [3.8, 4) is 16.9 Å². The van der Waals surface area contributed by atoms with E-state index in [-0.39, 0.29) is 41.4 Å². The van der Waals surface area contributed by atoms with Gasteiger partial charge >= 0.3 is 0 Å². The number of Topliss-reactive ketones (excluding diaryl/α,β-unsaturated/α-hetero) is 3. The number of phenolic OH excluding ortho intramolecular Hbond substituents is 1. The first-order chi connectivity index (χ1) is 19.2. The third kappa shape index (κ3) is 3.38. The third-order valence-electron chi connectivity index (χ3n) is 10.3. The Bertz CT molecular complexity index is 1640. The Morgan fingerprint density at radius 2 is 1.68 bits per heavy atom. The van der Waals surface area contributed by atoms with Gasteiger partial charge in [0.25, 0.3) is 0 Å². The molecule has 0 radical (unpaired) electrons. The van der Waals surface area contributed by atoms with Crippen LogP contribution < -0.4 is 0 Å². The van der Waals surface area contributed by atoms with E-state index in [0.29, 0.717) is 5.56 Å². The smallest absolute Gasteiger partial charge is 0.209 e. The van der Waals surface area contributed by atoms with E-state index in [1.807, 2.05) is 32.9 Å². The molecular formula is C34H36O7. The Balaban J connectivity index is 1.60. The minimum atomic E-state index is -2.61. The molecule has 0 saturated heterocycles. The van der Waals surface area contributed by atoms with Crippen LogP contribution in [0.15, 0.2) is 53.0 Å². The Morgan fingerprint density at radius 1 is 1.00 bits per heavy atom. The number of rotatable bonds is 3. The molecule has 4 aliphatic carbocycles. The van der Waals surface area contributed by atoms with Crippen molar-refractivity contribution >= 4 is 17.3 Å². The molecule has 41 heavy (non-hydrogen) atoms. The number of phenols is 1. The zero-order chi connectivity index (χ0) is 29.8. The lowest BCUT2D eigenvalue weighted by Crippen LogP contribution is -2.67. The minimum Gasteiger partial charge on any atom is -0.511 e. The molecule has 7 nitrogen and oxygen atoms in total. The van der Waals surface area contributed by atoms with Crippen LogP contribution in [0.25, 0.3) is 11.1 Å². The zero-order valence-electron chi connectivity index (χ0n) is 24.1. The highest BCUT2D eigenvalue weighted by atomic mass is 16.3. The van der Waals surface area contributed by atoms with Gasteiger partial charge in [0.05, 0.1) is 5.56 Å². The molecule has 0 heterocycles. The number of aryl methyl sites for hydroxylation is 2. The quantitative estimate of drug-likeness (QED) is 0.367. The van der Waals surface area contributed by atoms with Crippen LogP contribution in [0.4, 0.5) is 0 Å². The van der Waals surface area contributed by atoms with E-state index in [9.17, 15) is 34.8 Å². The van der Waals surface area contributed by atoms with Crippen LogP contribution in [-0.4, -0.2) is 43.4 Å². The molecule has 4 N–H and O–H groups in total. The maximum Gasteiger partial charge on any atom is 0.209 e. The third-order valence-corrected chi connectivity index (χ3v) is 10.3. The van der Waals surface area contributed by atoms with E-state index in [2.05, 4.69) is 12.1 Å². The molecule has 0 amide bonds. The molecule has 0 spiro atoms. The molecule has 0 aromatic heterocycles. The van der Waals surface area contributed by atoms with E-state index in [0.717, 1.165) is 37.3 Å². The van der Waals surface area contributed by atoms with Gasteiger partial charge in [-0.25, -0.2) is 0 Å². The Labute approximate surface area is 239 Å². The lowest BCUT2D eigenvalue weighted by atomic mass is 9.44. The predicted octanol–water partition coefficient (Wildman–Crippen LogP) is 5.50. The highest BCUT2D eigenvalue weighted by Gasteiger charge is 2.71. The second-order valence-corrected chi connectivity index (χ2v) is 13.3. The lowest BCUT2D eigenvalue weighted by molar-refractivity contribution is -0.171. The van der Waals surface area contributed by atoms with Crippen molar-refractivity contribution in [2.75, 3.05) is 0 Å². The summed E-state index contributed by atoms with van der Waals surface area (Å²) in [6, 6.07) is 9.58. The molecule has 7 heteroatoms. The van der Waals surface area contributed by atoms with Crippen molar-refractivity contribution < 1.29 is 34.8 Å². The molecule has 6 rings (SSSR count). The second-order valence-electron chi connectivity index (χ2n) is 13.3. The first kappa shape index (κ1) is 27.5. The molecule has 1 unspecified atom stereocenters. The summed E-state index contributed by atoms with van der Waals surface area (Å²) in [7, 11) is 0. The van der Waals surface area contributed by atoms with Crippen LogP contribution in [0.3, 0.4) is 0 Å². The van der Waals surface area contributed by atoms with Crippen molar-refractivity contribution in [1.82, 2.24) is 0 Å². The van der Waals surface area contributed by atoms with Gasteiger partial charge in [-0.3, -0.25) is 14.4 Å². The van der Waals surface area contributed by atoms with Crippen LogP contribution in [0.2, 0.25) is 0 Å². The van der Waals surface area contributed by atoms with Gasteiger partial charge < -0.3 is 20.4 Å². The second kappa shape index (κ2) is 8.65. The van der Waals surface area contributed by atoms with E-state index in [1.54, 1.807) is 6.92 Å². The number of carbonyl (C=O) groups is 3. The largest absolute Gasteiger partial charge is 0.511 e. The number of fused-ring (bicyclic) bond motifs is 4. The monoisotopic (exact) mass is 556 g/mol. The Morgan fingerprint density at radius 3 is 2.34 bits per heavy atom. The fraction of sp³-hybridized carbons (Fsp3) is 0.441. The van der Waals surface area contributed by atoms with Gasteiger partial charge in [0.2, 0.25) is 5.78 Å². The summed E-state index contributed by atoms with van der Waals surface area (Å²) in [6.45, 7) is 8.24. The van der Waals surface area contributed by atoms with E-state index >= 15 is 0 Å². The molecule has 4 atom stereocenters. The molecule has 0 aliphatic heterocycles. The average Bonchev–Trinajstić information content (AvgIpc) is 3.34. The number of benzene rings is 2. The summed E-state index contributed by atoms with van der Waals surface area (Å²) in [5, 5.41) is 46.2. The van der Waals surface area contributed by atoms with Gasteiger partial charge in [-0.05, 0) is 78.8 Å². The van der Waals surface area contributed by atoms with Crippen LogP contribution in [0.1, 0.15) is 74.5 Å². The summed E-state index contributed by atoms with van der Waals surface area (Å²) in [5.74, 6) is -5.07. The van der Waals surface area contributed by atoms with Gasteiger partial charge in [0.1, 0.15) is 22.8 Å². The van der Waals surface area contributed by atoms with Crippen molar-refractivity contribution in [3.63, 3.8) is 0 Å². The topological polar surface area (TPSA) is 132 Å². The van der Waals surface area contributed by atoms with Gasteiger partial charge in [-0.1, -0.05) is 52.0 Å². The molecule has 2 aromatic carbocycles. The molecule has 0 saturated carbocycles. The maximum absolute atomic E-state index is 14.3. The van der Waals surface area contributed by atoms with Crippen molar-refractivity contribution in [1.29, 1.82) is 0 Å². The summed E-state index contributed by atoms with van der Waals surface area (Å²) in [6.07, 6.45) is 3.45. The van der Waals surface area contributed by atoms with Gasteiger partial charge in [-0.15, -0.1) is 0 Å². The predicted molar refractivity (Wildman–Crippen MR) is 153 cm³/mol. The van der Waals surface area contributed by atoms with Crippen LogP contribution in [-0.2, 0) is 28.9 Å². The minimum absolute atomic E-state index is 0.0445. The molecule has 0 bridgehead atoms. The fourth-order valence-electron chi connectivity index (χ4n) is 8.74. The normalized spacial score (nSPS) is 30.8. The van der Waals surface area contributed by atoms with Crippen LogP contribution in [0, 0.1) is 22.7 Å². The molecule has 214 valence electrons. The Hall–Kier alpha value is -3.71. The number of aliphatic hydroxyl groups excluding tert-OH is 2. The summed E-state index contributed by atoms with van der Waals surface area (Å²) < 4.78 is 0. The van der Waals surface area contributed by atoms with Gasteiger partial charge in [0, 0.05) is 22.3 Å². The van der Waals surface area contributed by atoms with Crippen molar-refractivity contribution in [2.45, 2.75) is 72.3 Å². The van der Waals surface area contributed by atoms with Gasteiger partial charge in [0.15, 0.2) is 17.2 Å². The molecular weight excluding hydrogens is 520 g/mol. The standard InChI is InChI=1S/C34H36O7/c1-16(2)26-28(37)24(17(3)35)30(39)34(41)31(40)27-29(38)25-22(14-32(27,4)15-33(26,34)5)21(11-12-23(25)36)20-10-9-18-7-6-8-19(18)13-20/h9-13,16,26,36-37,40-41H,6-8,14-15H2,1-5H3/t26?,32-,33-,34+/m1/s1. The number of hydrogen-bond acceptors (Lipinski definition) is 7. The zero-order valence-corrected chi connectivity index (χ0v) is 24.1.